The van der Waals surface area contributed by atoms with E-state index in [1.54, 1.807) is 41.1 Å². The van der Waals surface area contributed by atoms with E-state index in [0.29, 0.717) is 5.56 Å². The van der Waals surface area contributed by atoms with E-state index in [0.717, 1.165) is 11.3 Å². The SMILES string of the molecule is COC(=O)c1ccc(/C=C/c2cccc[n+]2CC(=O)O)cc1.[Cl-]. The molecule has 2 rings (SSSR count). The number of ether oxygens (including phenoxy) is 1. The molecule has 0 atom stereocenters. The van der Waals surface area contributed by atoms with Gasteiger partial charge in [0.05, 0.1) is 12.7 Å². The van der Waals surface area contributed by atoms with Gasteiger partial charge in [-0.2, -0.15) is 4.57 Å². The monoisotopic (exact) mass is 333 g/mol. The van der Waals surface area contributed by atoms with Crippen LogP contribution >= 0.6 is 0 Å². The van der Waals surface area contributed by atoms with Gasteiger partial charge in [0, 0.05) is 18.2 Å². The number of halogens is 1. The molecule has 0 fully saturated rings. The molecule has 0 saturated heterocycles. The largest absolute Gasteiger partial charge is 1.00 e. The van der Waals surface area contributed by atoms with Crippen molar-refractivity contribution in [3.63, 3.8) is 0 Å². The third kappa shape index (κ3) is 5.23. The zero-order valence-electron chi connectivity index (χ0n) is 12.5. The Morgan fingerprint density at radius 3 is 2.43 bits per heavy atom. The maximum absolute atomic E-state index is 11.4. The summed E-state index contributed by atoms with van der Waals surface area (Å²) < 4.78 is 6.28. The second-order valence-corrected chi connectivity index (χ2v) is 4.59. The van der Waals surface area contributed by atoms with Crippen LogP contribution < -0.4 is 17.0 Å². The number of methoxy groups -OCH3 is 1. The first-order valence-corrected chi connectivity index (χ1v) is 6.67. The molecule has 23 heavy (non-hydrogen) atoms. The average Bonchev–Trinajstić information content (AvgIpc) is 2.53. The summed E-state index contributed by atoms with van der Waals surface area (Å²) in [6.45, 7) is -0.0954. The minimum absolute atomic E-state index is 0. The molecule has 1 aromatic carbocycles. The van der Waals surface area contributed by atoms with E-state index < -0.39 is 5.97 Å². The van der Waals surface area contributed by atoms with E-state index in [2.05, 4.69) is 4.74 Å². The molecule has 0 bridgehead atoms. The highest BCUT2D eigenvalue weighted by atomic mass is 35.5. The summed E-state index contributed by atoms with van der Waals surface area (Å²) in [6, 6.07) is 12.4. The number of carboxylic acid groups (broad SMARTS) is 1. The number of hydrogen-bond acceptors (Lipinski definition) is 3. The highest BCUT2D eigenvalue weighted by Gasteiger charge is 2.10. The minimum Gasteiger partial charge on any atom is -1.00 e. The first kappa shape index (κ1) is 18.4. The van der Waals surface area contributed by atoms with Crippen molar-refractivity contribution in [2.75, 3.05) is 7.11 Å². The number of esters is 1. The molecule has 1 N–H and O–H groups in total. The number of carbonyl (C=O) groups is 2. The number of pyridine rings is 1. The fourth-order valence-electron chi connectivity index (χ4n) is 1.96. The van der Waals surface area contributed by atoms with Crippen molar-refractivity contribution in [1.82, 2.24) is 0 Å². The van der Waals surface area contributed by atoms with Crippen LogP contribution in [0.3, 0.4) is 0 Å². The first-order valence-electron chi connectivity index (χ1n) is 6.67. The third-order valence-electron chi connectivity index (χ3n) is 3.06. The smallest absolute Gasteiger partial charge is 0.370 e. The molecular formula is C17H16ClNO4. The zero-order chi connectivity index (χ0) is 15.9. The molecule has 2 aromatic rings. The first-order chi connectivity index (χ1) is 10.6. The number of hydrogen-bond donors (Lipinski definition) is 1. The number of benzene rings is 1. The highest BCUT2D eigenvalue weighted by molar-refractivity contribution is 5.89. The number of nitrogens with zero attached hydrogens (tertiary/aromatic N) is 1. The predicted octanol–water partition coefficient (Wildman–Crippen LogP) is -0.980. The van der Waals surface area contributed by atoms with Crippen molar-refractivity contribution in [3.8, 4) is 0 Å². The summed E-state index contributed by atoms with van der Waals surface area (Å²) in [5.74, 6) is -1.27. The molecule has 120 valence electrons. The van der Waals surface area contributed by atoms with Crippen LogP contribution in [-0.4, -0.2) is 24.2 Å². The molecule has 0 aliphatic rings. The van der Waals surface area contributed by atoms with Crippen molar-refractivity contribution < 1.29 is 36.4 Å². The Balaban J connectivity index is 0.00000264. The molecule has 0 aliphatic carbocycles. The van der Waals surface area contributed by atoms with Gasteiger partial charge in [0.15, 0.2) is 6.20 Å². The average molecular weight is 334 g/mol. The summed E-state index contributed by atoms with van der Waals surface area (Å²) in [5, 5.41) is 8.89. The highest BCUT2D eigenvalue weighted by Crippen LogP contribution is 2.09. The van der Waals surface area contributed by atoms with Gasteiger partial charge in [0.1, 0.15) is 0 Å². The van der Waals surface area contributed by atoms with Gasteiger partial charge in [-0.25, -0.2) is 9.59 Å². The molecule has 0 radical (unpaired) electrons. The maximum atomic E-state index is 11.4. The van der Waals surface area contributed by atoms with Gasteiger partial charge in [-0.3, -0.25) is 0 Å². The second-order valence-electron chi connectivity index (χ2n) is 4.59. The molecule has 1 heterocycles. The summed E-state index contributed by atoms with van der Waals surface area (Å²) in [7, 11) is 1.34. The molecule has 5 nitrogen and oxygen atoms in total. The van der Waals surface area contributed by atoms with Crippen LogP contribution in [0.2, 0.25) is 0 Å². The van der Waals surface area contributed by atoms with Crippen LogP contribution in [0.5, 0.6) is 0 Å². The lowest BCUT2D eigenvalue weighted by Gasteiger charge is -2.00. The topological polar surface area (TPSA) is 67.5 Å². The molecule has 0 amide bonds. The van der Waals surface area contributed by atoms with E-state index in [1.807, 2.05) is 24.3 Å². The van der Waals surface area contributed by atoms with Crippen LogP contribution in [0, 0.1) is 0 Å². The Bertz CT molecular complexity index is 711. The minimum atomic E-state index is -0.895. The summed E-state index contributed by atoms with van der Waals surface area (Å²) in [5.41, 5.74) is 2.17. The Morgan fingerprint density at radius 2 is 1.83 bits per heavy atom. The van der Waals surface area contributed by atoms with E-state index in [9.17, 15) is 9.59 Å². The molecule has 0 unspecified atom stereocenters. The maximum Gasteiger partial charge on any atom is 0.370 e. The molecule has 6 heteroatoms. The molecular weight excluding hydrogens is 318 g/mol. The lowest BCUT2D eigenvalue weighted by Crippen LogP contribution is -3.00. The van der Waals surface area contributed by atoms with Crippen molar-refractivity contribution in [2.24, 2.45) is 0 Å². The van der Waals surface area contributed by atoms with Gasteiger partial charge in [0.25, 0.3) is 0 Å². The normalized spacial score (nSPS) is 10.1. The van der Waals surface area contributed by atoms with Gasteiger partial charge in [0.2, 0.25) is 12.2 Å². The van der Waals surface area contributed by atoms with Crippen molar-refractivity contribution in [3.05, 3.63) is 65.5 Å². The van der Waals surface area contributed by atoms with Gasteiger partial charge in [-0.1, -0.05) is 12.1 Å². The summed E-state index contributed by atoms with van der Waals surface area (Å²) in [4.78, 5) is 22.2. The predicted molar refractivity (Wildman–Crippen MR) is 81.0 cm³/mol. The van der Waals surface area contributed by atoms with Crippen LogP contribution in [-0.2, 0) is 16.1 Å². The lowest BCUT2D eigenvalue weighted by molar-refractivity contribution is -0.687. The van der Waals surface area contributed by atoms with Crippen LogP contribution in [0.1, 0.15) is 21.6 Å². The second kappa shape index (κ2) is 8.70. The van der Waals surface area contributed by atoms with Crippen molar-refractivity contribution in [1.29, 1.82) is 0 Å². The quantitative estimate of drug-likeness (QED) is 0.564. The standard InChI is InChI=1S/C17H15NO4.ClH/c1-22-17(21)14-8-5-13(6-9-14)7-10-15-4-2-3-11-18(15)12-16(19)20;/h2-11H,12H2,1H3;1H/b10-7+;. The van der Waals surface area contributed by atoms with Crippen LogP contribution in [0.4, 0.5) is 0 Å². The van der Waals surface area contributed by atoms with E-state index in [1.165, 1.54) is 7.11 Å². The van der Waals surface area contributed by atoms with Gasteiger partial charge >= 0.3 is 11.9 Å². The number of aliphatic carboxylic acids is 1. The lowest BCUT2D eigenvalue weighted by atomic mass is 10.1. The van der Waals surface area contributed by atoms with E-state index in [-0.39, 0.29) is 24.9 Å². The molecule has 0 saturated carbocycles. The Hall–Kier alpha value is -2.66. The fraction of sp³-hybridized carbons (Fsp3) is 0.118. The fourth-order valence-corrected chi connectivity index (χ4v) is 1.96. The zero-order valence-corrected chi connectivity index (χ0v) is 13.2. The molecule has 0 spiro atoms. The number of rotatable bonds is 5. The van der Waals surface area contributed by atoms with Crippen LogP contribution in [0.25, 0.3) is 12.2 Å². The van der Waals surface area contributed by atoms with Crippen molar-refractivity contribution in [2.45, 2.75) is 6.54 Å². The van der Waals surface area contributed by atoms with E-state index in [4.69, 9.17) is 5.11 Å². The Labute approximate surface area is 140 Å². The van der Waals surface area contributed by atoms with Gasteiger partial charge in [-0.15, -0.1) is 0 Å². The Kier molecular flexibility index (Phi) is 6.96. The number of carbonyl (C=O) groups excluding carboxylic acids is 1. The van der Waals surface area contributed by atoms with Gasteiger partial charge < -0.3 is 22.3 Å². The van der Waals surface area contributed by atoms with Crippen molar-refractivity contribution >= 4 is 24.1 Å². The molecule has 0 aliphatic heterocycles. The van der Waals surface area contributed by atoms with Gasteiger partial charge in [-0.05, 0) is 29.8 Å². The number of aromatic nitrogens is 1. The summed E-state index contributed by atoms with van der Waals surface area (Å²) >= 11 is 0. The van der Waals surface area contributed by atoms with E-state index >= 15 is 0 Å². The number of carboxylic acids is 1. The third-order valence-corrected chi connectivity index (χ3v) is 3.06. The molecule has 1 aromatic heterocycles. The van der Waals surface area contributed by atoms with Crippen LogP contribution in [0.15, 0.2) is 48.7 Å². The summed E-state index contributed by atoms with van der Waals surface area (Å²) in [6.07, 6.45) is 5.40. The Morgan fingerprint density at radius 1 is 1.13 bits per heavy atom.